The number of aliphatic hydroxyl groups is 2. The van der Waals surface area contributed by atoms with E-state index < -0.39 is 23.0 Å². The zero-order chi connectivity index (χ0) is 24.3. The molecule has 0 aromatic carbocycles. The zero-order valence-electron chi connectivity index (χ0n) is 19.4. The fourth-order valence-corrected chi connectivity index (χ4v) is 6.61. The van der Waals surface area contributed by atoms with Crippen molar-refractivity contribution in [3.8, 4) is 0 Å². The second-order valence-electron chi connectivity index (χ2n) is 10.6. The van der Waals surface area contributed by atoms with Gasteiger partial charge in [0.1, 0.15) is 5.76 Å². The Kier molecular flexibility index (Phi) is 5.34. The Hall–Kier alpha value is -2.75. The number of hydrogen-bond acceptors (Lipinski definition) is 8. The molecule has 0 bridgehead atoms. The highest BCUT2D eigenvalue weighted by atomic mass is 16.6. The van der Waals surface area contributed by atoms with Gasteiger partial charge in [-0.15, -0.1) is 0 Å². The monoisotopic (exact) mass is 469 g/mol. The summed E-state index contributed by atoms with van der Waals surface area (Å²) >= 11 is 0. The highest BCUT2D eigenvalue weighted by molar-refractivity contribution is 5.96. The van der Waals surface area contributed by atoms with Crippen molar-refractivity contribution in [3.63, 3.8) is 0 Å². The van der Waals surface area contributed by atoms with Crippen molar-refractivity contribution in [2.45, 2.75) is 51.2 Å². The van der Waals surface area contributed by atoms with Crippen LogP contribution in [0.4, 0.5) is 5.95 Å². The van der Waals surface area contributed by atoms with E-state index in [1.165, 1.54) is 12.3 Å². The lowest BCUT2D eigenvalue weighted by Gasteiger charge is -2.60. The number of nitrogens with zero attached hydrogens (tertiary/aromatic N) is 1. The third kappa shape index (κ3) is 3.54. The number of ether oxygens (including phenoxy) is 2. The van der Waals surface area contributed by atoms with Crippen LogP contribution in [0.3, 0.4) is 0 Å². The topological polar surface area (TPSA) is 151 Å². The minimum Gasteiger partial charge on any atom is -0.423 e. The van der Waals surface area contributed by atoms with E-state index in [1.54, 1.807) is 12.2 Å². The Morgan fingerprint density at radius 2 is 2.06 bits per heavy atom. The molecule has 2 saturated carbocycles. The lowest BCUT2D eigenvalue weighted by atomic mass is 9.45. The van der Waals surface area contributed by atoms with Gasteiger partial charge >= 0.3 is 5.97 Å². The number of esters is 1. The highest BCUT2D eigenvalue weighted by Crippen LogP contribution is 2.65. The van der Waals surface area contributed by atoms with E-state index in [1.807, 2.05) is 13.0 Å². The summed E-state index contributed by atoms with van der Waals surface area (Å²) in [5.41, 5.74) is 4.65. The number of fused-ring (bicyclic) bond motifs is 1. The molecule has 2 aliphatic carbocycles. The lowest BCUT2D eigenvalue weighted by molar-refractivity contribution is -0.167. The van der Waals surface area contributed by atoms with Gasteiger partial charge in [0, 0.05) is 17.5 Å². The maximum Gasteiger partial charge on any atom is 0.343 e. The van der Waals surface area contributed by atoms with Gasteiger partial charge in [0.15, 0.2) is 5.95 Å². The summed E-state index contributed by atoms with van der Waals surface area (Å²) < 4.78 is 11.3. The van der Waals surface area contributed by atoms with Crippen molar-refractivity contribution >= 4 is 18.0 Å². The third-order valence-electron chi connectivity index (χ3n) is 8.66. The first-order chi connectivity index (χ1) is 16.1. The number of cyclic esters (lactones) is 1. The van der Waals surface area contributed by atoms with Gasteiger partial charge in [0.2, 0.25) is 0 Å². The molecule has 0 amide bonds. The molecular formula is C25H31N3O6. The fourth-order valence-electron chi connectivity index (χ4n) is 6.61. The number of nitrogens with two attached hydrogens (primary N) is 1. The van der Waals surface area contributed by atoms with Crippen LogP contribution in [-0.4, -0.2) is 51.1 Å². The number of anilines is 1. The van der Waals surface area contributed by atoms with Gasteiger partial charge in [0.25, 0.3) is 5.56 Å². The van der Waals surface area contributed by atoms with E-state index in [9.17, 15) is 19.8 Å². The van der Waals surface area contributed by atoms with E-state index in [2.05, 4.69) is 16.9 Å². The number of aromatic amines is 1. The normalized spacial score (nSPS) is 40.5. The Bertz CT molecular complexity index is 1170. The Balaban J connectivity index is 1.44. The van der Waals surface area contributed by atoms with Crippen LogP contribution in [0.2, 0.25) is 0 Å². The van der Waals surface area contributed by atoms with Crippen LogP contribution < -0.4 is 11.3 Å². The first-order valence-electron chi connectivity index (χ1n) is 11.7. The zero-order valence-corrected chi connectivity index (χ0v) is 19.4. The third-order valence-corrected chi connectivity index (χ3v) is 8.66. The second-order valence-corrected chi connectivity index (χ2v) is 10.6. The van der Waals surface area contributed by atoms with E-state index in [-0.39, 0.29) is 46.7 Å². The molecule has 4 aliphatic rings. The molecule has 6 atom stereocenters. The van der Waals surface area contributed by atoms with Gasteiger partial charge in [0.05, 0.1) is 36.1 Å². The van der Waals surface area contributed by atoms with Crippen molar-refractivity contribution in [2.75, 3.05) is 18.9 Å². The van der Waals surface area contributed by atoms with Gasteiger partial charge in [-0.05, 0) is 49.2 Å². The van der Waals surface area contributed by atoms with Crippen molar-refractivity contribution in [2.24, 2.45) is 22.7 Å². The quantitative estimate of drug-likeness (QED) is 0.384. The molecule has 2 aliphatic heterocycles. The molecule has 34 heavy (non-hydrogen) atoms. The van der Waals surface area contributed by atoms with Crippen LogP contribution in [0.25, 0.3) is 6.08 Å². The van der Waals surface area contributed by atoms with Crippen LogP contribution in [0.15, 0.2) is 40.6 Å². The molecule has 1 saturated heterocycles. The number of allylic oxidation sites excluding steroid dienone is 1. The van der Waals surface area contributed by atoms with E-state index in [4.69, 9.17) is 15.2 Å². The van der Waals surface area contributed by atoms with Gasteiger partial charge < -0.3 is 25.4 Å². The Morgan fingerprint density at radius 3 is 2.74 bits per heavy atom. The summed E-state index contributed by atoms with van der Waals surface area (Å²) in [6, 6.07) is 0. The van der Waals surface area contributed by atoms with E-state index in [0.717, 1.165) is 19.3 Å². The number of hydrogen-bond donors (Lipinski definition) is 4. The van der Waals surface area contributed by atoms with Crippen molar-refractivity contribution in [1.82, 2.24) is 9.97 Å². The van der Waals surface area contributed by atoms with Crippen molar-refractivity contribution in [3.05, 3.63) is 51.7 Å². The van der Waals surface area contributed by atoms with Gasteiger partial charge in [-0.2, -0.15) is 0 Å². The predicted octanol–water partition coefficient (Wildman–Crippen LogP) is 1.69. The molecule has 9 nitrogen and oxygen atoms in total. The number of H-pyrrole nitrogens is 1. The first kappa shape index (κ1) is 23.0. The molecule has 1 aromatic heterocycles. The summed E-state index contributed by atoms with van der Waals surface area (Å²) in [5, 5.41) is 20.9. The van der Waals surface area contributed by atoms with Crippen LogP contribution in [0.1, 0.15) is 45.1 Å². The lowest BCUT2D eigenvalue weighted by Crippen LogP contribution is -2.60. The molecular weight excluding hydrogens is 438 g/mol. The summed E-state index contributed by atoms with van der Waals surface area (Å²) in [6.07, 6.45) is 10.8. The molecule has 9 heteroatoms. The maximum absolute atomic E-state index is 12.5. The second kappa shape index (κ2) is 7.90. The average Bonchev–Trinajstić information content (AvgIpc) is 3.47. The van der Waals surface area contributed by atoms with E-state index >= 15 is 0 Å². The average molecular weight is 470 g/mol. The number of carbonyl (C=O) groups excluding carboxylic acids is 1. The highest BCUT2D eigenvalue weighted by Gasteiger charge is 2.66. The number of nitrogens with one attached hydrogen (secondary N) is 1. The van der Waals surface area contributed by atoms with Gasteiger partial charge in [-0.25, -0.2) is 9.78 Å². The molecule has 3 unspecified atom stereocenters. The van der Waals surface area contributed by atoms with Crippen molar-refractivity contribution in [1.29, 1.82) is 0 Å². The van der Waals surface area contributed by atoms with Gasteiger partial charge in [-0.3, -0.25) is 9.78 Å². The molecule has 5 rings (SSSR count). The number of carbonyl (C=O) groups is 1. The summed E-state index contributed by atoms with van der Waals surface area (Å²) in [4.78, 5) is 30.8. The minimum absolute atomic E-state index is 0.0118. The van der Waals surface area contributed by atoms with Crippen LogP contribution >= 0.6 is 0 Å². The molecule has 3 fully saturated rings. The molecule has 182 valence electrons. The molecule has 3 heterocycles. The predicted molar refractivity (Wildman–Crippen MR) is 124 cm³/mol. The maximum atomic E-state index is 12.5. The van der Waals surface area contributed by atoms with E-state index in [0.29, 0.717) is 18.6 Å². The number of epoxide rings is 1. The minimum atomic E-state index is -0.572. The Morgan fingerprint density at radius 1 is 1.29 bits per heavy atom. The molecule has 5 N–H and O–H groups in total. The largest absolute Gasteiger partial charge is 0.423 e. The Labute approximate surface area is 197 Å². The standard InChI is InChI=1S/C25H31N3O6/c1-23-7-6-19(30)24(2,12-29)17(23)5-8-25(13-33-25)18(23)4-3-14-9-16(34-21(14)32)10-15-11-27-22(26)28-20(15)31/h3-4,9-11,17-19,29-30H,5-8,12-13H2,1-2H3,(H3,26,27,28,31)/t17?,18?,19-,23+,24+,25?/m1/s1. The molecule has 1 aromatic rings. The summed E-state index contributed by atoms with van der Waals surface area (Å²) in [5.74, 6) is -0.0750. The first-order valence-corrected chi connectivity index (χ1v) is 11.7. The number of aromatic nitrogens is 2. The molecule has 1 spiro atoms. The fraction of sp³-hybridized carbons (Fsp3) is 0.560. The SMILES string of the molecule is C[C@]12CC[C@@H](O)[C@@](C)(CO)C1CCC1(CO1)C2C=CC1=CC(=Cc2cnc(N)[nH]c2=O)OC1=O. The number of rotatable bonds is 4. The number of aliphatic hydroxyl groups excluding tert-OH is 2. The van der Waals surface area contributed by atoms with Crippen LogP contribution in [-0.2, 0) is 14.3 Å². The summed E-state index contributed by atoms with van der Waals surface area (Å²) in [6.45, 7) is 4.81. The van der Waals surface area contributed by atoms with Crippen LogP contribution in [0, 0.1) is 22.7 Å². The summed E-state index contributed by atoms with van der Waals surface area (Å²) in [7, 11) is 0. The van der Waals surface area contributed by atoms with Crippen LogP contribution in [0.5, 0.6) is 0 Å². The molecule has 0 radical (unpaired) electrons. The van der Waals surface area contributed by atoms with Gasteiger partial charge in [-0.1, -0.05) is 26.0 Å². The number of nitrogen functional groups attached to an aromatic ring is 1. The smallest absolute Gasteiger partial charge is 0.343 e. The van der Waals surface area contributed by atoms with Crippen molar-refractivity contribution < 1.29 is 24.5 Å².